The number of carbonyl (C=O) groups is 2. The molecule has 0 spiro atoms. The summed E-state index contributed by atoms with van der Waals surface area (Å²) in [5, 5.41) is 3.20. The number of thiocarbonyl (C=S) groups is 1. The van der Waals surface area contributed by atoms with E-state index in [4.69, 9.17) is 40.2 Å². The second kappa shape index (κ2) is 9.22. The van der Waals surface area contributed by atoms with Crippen molar-refractivity contribution in [3.63, 3.8) is 0 Å². The van der Waals surface area contributed by atoms with Gasteiger partial charge in [0, 0.05) is 10.6 Å². The number of amides is 2. The van der Waals surface area contributed by atoms with Crippen LogP contribution in [-0.4, -0.2) is 23.5 Å². The number of hydrogen-bond donors (Lipinski definition) is 3. The maximum Gasteiger partial charge on any atom is 0.269 e. The Balaban J connectivity index is 1.74. The summed E-state index contributed by atoms with van der Waals surface area (Å²) in [6.45, 7) is -0.281. The molecule has 0 aliphatic rings. The number of hydrogen-bond acceptors (Lipinski definition) is 4. The van der Waals surface area contributed by atoms with E-state index in [-0.39, 0.29) is 11.7 Å². The summed E-state index contributed by atoms with van der Waals surface area (Å²) in [6.07, 6.45) is 0. The molecule has 130 valence electrons. The van der Waals surface area contributed by atoms with Crippen molar-refractivity contribution in [2.24, 2.45) is 0 Å². The first-order valence-corrected chi connectivity index (χ1v) is 8.15. The maximum absolute atomic E-state index is 11.9. The minimum Gasteiger partial charge on any atom is -0.482 e. The van der Waals surface area contributed by atoms with Crippen molar-refractivity contribution in [1.82, 2.24) is 16.2 Å². The summed E-state index contributed by atoms with van der Waals surface area (Å²) in [5.74, 6) is -0.548. The maximum atomic E-state index is 11.9. The molecule has 3 N–H and O–H groups in total. The first-order valence-electron chi connectivity index (χ1n) is 6.99. The van der Waals surface area contributed by atoms with E-state index in [0.717, 1.165) is 0 Å². The summed E-state index contributed by atoms with van der Waals surface area (Å²) in [4.78, 5) is 23.6. The normalized spacial score (nSPS) is 9.84. The van der Waals surface area contributed by atoms with Gasteiger partial charge < -0.3 is 4.74 Å². The number of halogens is 2. The second-order valence-electron chi connectivity index (χ2n) is 4.68. The Morgan fingerprint density at radius 3 is 2.36 bits per heavy atom. The molecule has 0 radical (unpaired) electrons. The molecule has 0 saturated heterocycles. The molecule has 0 aromatic heterocycles. The monoisotopic (exact) mass is 397 g/mol. The van der Waals surface area contributed by atoms with E-state index in [1.165, 1.54) is 0 Å². The molecule has 6 nitrogen and oxygen atoms in total. The predicted octanol–water partition coefficient (Wildman–Crippen LogP) is 2.71. The third-order valence-corrected chi connectivity index (χ3v) is 3.61. The Kier molecular flexibility index (Phi) is 7.00. The fraction of sp³-hybridized carbons (Fsp3) is 0.0625. The lowest BCUT2D eigenvalue weighted by Crippen LogP contribution is -2.49. The van der Waals surface area contributed by atoms with Crippen LogP contribution in [0.5, 0.6) is 5.75 Å². The van der Waals surface area contributed by atoms with Crippen molar-refractivity contribution < 1.29 is 14.3 Å². The number of ether oxygens (including phenoxy) is 1. The lowest BCUT2D eigenvalue weighted by Gasteiger charge is -2.11. The second-order valence-corrected chi connectivity index (χ2v) is 5.93. The van der Waals surface area contributed by atoms with Crippen LogP contribution < -0.4 is 20.9 Å². The zero-order valence-electron chi connectivity index (χ0n) is 12.7. The molecule has 0 unspecified atom stereocenters. The van der Waals surface area contributed by atoms with Crippen molar-refractivity contribution in [3.05, 3.63) is 64.1 Å². The van der Waals surface area contributed by atoms with Gasteiger partial charge in [-0.15, -0.1) is 0 Å². The Morgan fingerprint density at radius 1 is 1.00 bits per heavy atom. The van der Waals surface area contributed by atoms with Crippen molar-refractivity contribution >= 4 is 52.3 Å². The molecular weight excluding hydrogens is 385 g/mol. The van der Waals surface area contributed by atoms with Crippen LogP contribution in [0.2, 0.25) is 10.0 Å². The van der Waals surface area contributed by atoms with Crippen LogP contribution in [0.25, 0.3) is 0 Å². The number of benzene rings is 2. The van der Waals surface area contributed by atoms with E-state index in [2.05, 4.69) is 16.2 Å². The standard InChI is InChI=1S/C16H13Cl2N3O3S/c17-11-7-5-10(6-8-11)15(23)20-21-16(25)19-14(22)9-24-13-4-2-1-3-12(13)18/h1-8H,9H2,(H,20,23)(H2,19,21,22,25). The lowest BCUT2D eigenvalue weighted by molar-refractivity contribution is -0.121. The quantitative estimate of drug-likeness (QED) is 0.545. The van der Waals surface area contributed by atoms with Gasteiger partial charge in [-0.2, -0.15) is 0 Å². The molecule has 2 aromatic carbocycles. The van der Waals surface area contributed by atoms with Gasteiger partial charge in [0.15, 0.2) is 11.7 Å². The molecule has 9 heteroatoms. The highest BCUT2D eigenvalue weighted by atomic mass is 35.5. The van der Waals surface area contributed by atoms with Gasteiger partial charge in [0.05, 0.1) is 5.02 Å². The summed E-state index contributed by atoms with van der Waals surface area (Å²) in [6, 6.07) is 13.0. The van der Waals surface area contributed by atoms with Gasteiger partial charge in [0.2, 0.25) is 0 Å². The minimum atomic E-state index is -0.502. The highest BCUT2D eigenvalue weighted by Crippen LogP contribution is 2.22. The molecule has 25 heavy (non-hydrogen) atoms. The van der Waals surface area contributed by atoms with Gasteiger partial charge in [-0.05, 0) is 48.6 Å². The smallest absolute Gasteiger partial charge is 0.269 e. The number of hydrazine groups is 1. The van der Waals surface area contributed by atoms with Gasteiger partial charge in [-0.25, -0.2) is 0 Å². The first kappa shape index (κ1) is 19.0. The van der Waals surface area contributed by atoms with Crippen LogP contribution >= 0.6 is 35.4 Å². The Hall–Kier alpha value is -2.35. The number of nitrogens with one attached hydrogen (secondary N) is 3. The highest BCUT2D eigenvalue weighted by Gasteiger charge is 2.09. The molecule has 0 atom stereocenters. The molecule has 0 bridgehead atoms. The van der Waals surface area contributed by atoms with E-state index in [9.17, 15) is 9.59 Å². The van der Waals surface area contributed by atoms with Gasteiger partial charge in [0.25, 0.3) is 11.8 Å². The van der Waals surface area contributed by atoms with E-state index in [1.807, 2.05) is 0 Å². The van der Waals surface area contributed by atoms with Gasteiger partial charge in [-0.3, -0.25) is 25.8 Å². The molecule has 0 saturated carbocycles. The molecule has 2 rings (SSSR count). The van der Waals surface area contributed by atoms with Crippen LogP contribution in [0.4, 0.5) is 0 Å². The molecule has 0 heterocycles. The van der Waals surface area contributed by atoms with E-state index in [0.29, 0.717) is 21.4 Å². The van der Waals surface area contributed by atoms with Gasteiger partial charge >= 0.3 is 0 Å². The van der Waals surface area contributed by atoms with Crippen LogP contribution in [-0.2, 0) is 4.79 Å². The van der Waals surface area contributed by atoms with Gasteiger partial charge in [0.1, 0.15) is 5.75 Å². The van der Waals surface area contributed by atoms with Crippen molar-refractivity contribution in [3.8, 4) is 5.75 Å². The molecule has 0 fully saturated rings. The Morgan fingerprint density at radius 2 is 1.68 bits per heavy atom. The number of para-hydroxylation sites is 1. The summed E-state index contributed by atoms with van der Waals surface area (Å²) in [7, 11) is 0. The third-order valence-electron chi connectivity index (χ3n) is 2.84. The third kappa shape index (κ3) is 6.22. The van der Waals surface area contributed by atoms with Gasteiger partial charge in [-0.1, -0.05) is 35.3 Å². The van der Waals surface area contributed by atoms with Crippen molar-refractivity contribution in [2.45, 2.75) is 0 Å². The number of rotatable bonds is 4. The average molecular weight is 398 g/mol. The summed E-state index contributed by atoms with van der Waals surface area (Å²) >= 11 is 16.6. The number of carbonyl (C=O) groups excluding carboxylic acids is 2. The van der Waals surface area contributed by atoms with E-state index >= 15 is 0 Å². The lowest BCUT2D eigenvalue weighted by atomic mass is 10.2. The fourth-order valence-corrected chi connectivity index (χ4v) is 2.17. The van der Waals surface area contributed by atoms with Crippen LogP contribution in [0.3, 0.4) is 0 Å². The summed E-state index contributed by atoms with van der Waals surface area (Å²) in [5.41, 5.74) is 5.16. The van der Waals surface area contributed by atoms with E-state index in [1.54, 1.807) is 48.5 Å². The molecule has 0 aliphatic heterocycles. The van der Waals surface area contributed by atoms with E-state index < -0.39 is 11.8 Å². The van der Waals surface area contributed by atoms with Crippen molar-refractivity contribution in [1.29, 1.82) is 0 Å². The predicted molar refractivity (Wildman–Crippen MR) is 99.7 cm³/mol. The molecule has 2 amide bonds. The topological polar surface area (TPSA) is 79.5 Å². The zero-order valence-corrected chi connectivity index (χ0v) is 15.0. The molecule has 2 aromatic rings. The van der Waals surface area contributed by atoms with Crippen LogP contribution in [0.1, 0.15) is 10.4 Å². The van der Waals surface area contributed by atoms with Crippen LogP contribution in [0, 0.1) is 0 Å². The fourth-order valence-electron chi connectivity index (χ4n) is 1.69. The zero-order chi connectivity index (χ0) is 18.2. The average Bonchev–Trinajstić information content (AvgIpc) is 2.59. The SMILES string of the molecule is O=C(COc1ccccc1Cl)NC(=S)NNC(=O)c1ccc(Cl)cc1. The first-order chi connectivity index (χ1) is 12.0. The van der Waals surface area contributed by atoms with Crippen LogP contribution in [0.15, 0.2) is 48.5 Å². The summed E-state index contributed by atoms with van der Waals surface area (Å²) < 4.78 is 5.27. The largest absolute Gasteiger partial charge is 0.482 e. The molecular formula is C16H13Cl2N3O3S. The minimum absolute atomic E-state index is 0.0740. The highest BCUT2D eigenvalue weighted by molar-refractivity contribution is 7.80. The Labute approximate surface area is 159 Å². The Bertz CT molecular complexity index is 784. The molecule has 0 aliphatic carbocycles. The van der Waals surface area contributed by atoms with Crippen molar-refractivity contribution in [2.75, 3.05) is 6.61 Å².